The predicted molar refractivity (Wildman–Crippen MR) is 118 cm³/mol. The lowest BCUT2D eigenvalue weighted by molar-refractivity contribution is 0.186. The molecule has 0 bridgehead atoms. The number of anilines is 1. The molecule has 3 aromatic heterocycles. The summed E-state index contributed by atoms with van der Waals surface area (Å²) in [5.74, 6) is 0. The van der Waals surface area contributed by atoms with E-state index < -0.39 is 0 Å². The minimum atomic E-state index is -0.0200. The molecule has 0 saturated carbocycles. The fourth-order valence-electron chi connectivity index (χ4n) is 3.94. The van der Waals surface area contributed by atoms with Crippen molar-refractivity contribution in [2.75, 3.05) is 44.8 Å². The van der Waals surface area contributed by atoms with Crippen LogP contribution < -0.4 is 10.5 Å². The van der Waals surface area contributed by atoms with Crippen LogP contribution in [-0.2, 0) is 17.8 Å². The number of hydrogen-bond acceptors (Lipinski definition) is 7. The standard InChI is InChI=1S/C21H24N6O2S/c1-29-10-8-27-15-22-19-12-17(2-3-18(19)20(27)28)25-6-4-24(5-7-25)13-16-14-26-9-11-30-21(26)23-16/h2-3,9,11-12,14-15H,4-8,10,13H2,1H3. The molecule has 4 aromatic rings. The molecule has 30 heavy (non-hydrogen) atoms. The van der Waals surface area contributed by atoms with Crippen molar-refractivity contribution in [3.63, 3.8) is 0 Å². The average molecular weight is 425 g/mol. The number of fused-ring (bicyclic) bond motifs is 2. The van der Waals surface area contributed by atoms with Crippen LogP contribution >= 0.6 is 11.3 Å². The second kappa shape index (κ2) is 8.17. The van der Waals surface area contributed by atoms with Crippen LogP contribution in [0, 0.1) is 0 Å². The van der Waals surface area contributed by atoms with Gasteiger partial charge in [0.25, 0.3) is 5.56 Å². The van der Waals surface area contributed by atoms with Gasteiger partial charge in [-0.05, 0) is 18.2 Å². The lowest BCUT2D eigenvalue weighted by atomic mass is 10.2. The molecule has 0 atom stereocenters. The Kier molecular flexibility index (Phi) is 5.24. The number of aromatic nitrogens is 4. The van der Waals surface area contributed by atoms with E-state index in [1.54, 1.807) is 29.3 Å². The molecule has 0 spiro atoms. The summed E-state index contributed by atoms with van der Waals surface area (Å²) >= 11 is 1.66. The van der Waals surface area contributed by atoms with Crippen LogP contribution in [0.5, 0.6) is 0 Å². The Balaban J connectivity index is 1.26. The van der Waals surface area contributed by atoms with Crippen molar-refractivity contribution in [3.05, 3.63) is 58.3 Å². The van der Waals surface area contributed by atoms with Crippen molar-refractivity contribution in [2.45, 2.75) is 13.1 Å². The number of rotatable bonds is 6. The van der Waals surface area contributed by atoms with Gasteiger partial charge in [0.1, 0.15) is 0 Å². The Labute approximate surface area is 178 Å². The summed E-state index contributed by atoms with van der Waals surface area (Å²) in [5.41, 5.74) is 2.96. The highest BCUT2D eigenvalue weighted by Crippen LogP contribution is 2.21. The zero-order valence-corrected chi connectivity index (χ0v) is 17.7. The largest absolute Gasteiger partial charge is 0.383 e. The van der Waals surface area contributed by atoms with E-state index in [-0.39, 0.29) is 5.56 Å². The first-order valence-electron chi connectivity index (χ1n) is 10.1. The zero-order chi connectivity index (χ0) is 20.5. The Hall–Kier alpha value is -2.75. The Bertz CT molecular complexity index is 1190. The van der Waals surface area contributed by atoms with Crippen molar-refractivity contribution >= 4 is 32.9 Å². The van der Waals surface area contributed by atoms with E-state index in [4.69, 9.17) is 9.72 Å². The minimum Gasteiger partial charge on any atom is -0.383 e. The molecule has 1 aliphatic heterocycles. The SMILES string of the molecule is COCCn1cnc2cc(N3CCN(Cc4cn5ccsc5n4)CC3)ccc2c1=O. The van der Waals surface area contributed by atoms with Crippen LogP contribution in [0.15, 0.2) is 47.1 Å². The third-order valence-corrected chi connectivity index (χ3v) is 6.38. The molecule has 0 aliphatic carbocycles. The van der Waals surface area contributed by atoms with E-state index in [9.17, 15) is 4.79 Å². The number of thiazole rings is 1. The minimum absolute atomic E-state index is 0.0200. The van der Waals surface area contributed by atoms with Gasteiger partial charge >= 0.3 is 0 Å². The molecule has 156 valence electrons. The molecule has 0 unspecified atom stereocenters. The molecule has 0 N–H and O–H groups in total. The third kappa shape index (κ3) is 3.71. The molecule has 1 aliphatic rings. The van der Waals surface area contributed by atoms with Crippen LogP contribution in [0.3, 0.4) is 0 Å². The second-order valence-corrected chi connectivity index (χ2v) is 8.40. The molecule has 1 aromatic carbocycles. The summed E-state index contributed by atoms with van der Waals surface area (Å²) in [6, 6.07) is 5.95. The fraction of sp³-hybridized carbons (Fsp3) is 0.381. The molecule has 0 amide bonds. The van der Waals surface area contributed by atoms with Crippen LogP contribution in [0.25, 0.3) is 15.9 Å². The molecular weight excluding hydrogens is 400 g/mol. The maximum absolute atomic E-state index is 12.6. The lowest BCUT2D eigenvalue weighted by Crippen LogP contribution is -2.46. The first-order valence-corrected chi connectivity index (χ1v) is 11.0. The van der Waals surface area contributed by atoms with Gasteiger partial charge in [-0.15, -0.1) is 11.3 Å². The summed E-state index contributed by atoms with van der Waals surface area (Å²) in [6.07, 6.45) is 5.78. The molecule has 8 nitrogen and oxygen atoms in total. The second-order valence-electron chi connectivity index (χ2n) is 7.53. The van der Waals surface area contributed by atoms with Gasteiger partial charge < -0.3 is 9.64 Å². The van der Waals surface area contributed by atoms with Crippen LogP contribution in [0.1, 0.15) is 5.69 Å². The summed E-state index contributed by atoms with van der Waals surface area (Å²) < 4.78 is 8.75. The average Bonchev–Trinajstić information content (AvgIpc) is 3.35. The van der Waals surface area contributed by atoms with E-state index >= 15 is 0 Å². The highest BCUT2D eigenvalue weighted by molar-refractivity contribution is 7.15. The van der Waals surface area contributed by atoms with E-state index in [0.717, 1.165) is 54.6 Å². The van der Waals surface area contributed by atoms with Crippen LogP contribution in [-0.4, -0.2) is 63.7 Å². The number of ether oxygens (including phenoxy) is 1. The maximum Gasteiger partial charge on any atom is 0.261 e. The van der Waals surface area contributed by atoms with E-state index in [2.05, 4.69) is 37.0 Å². The topological polar surface area (TPSA) is 67.9 Å². The van der Waals surface area contributed by atoms with Gasteiger partial charge in [-0.1, -0.05) is 0 Å². The number of methoxy groups -OCH3 is 1. The summed E-state index contributed by atoms with van der Waals surface area (Å²) in [5, 5.41) is 2.70. The number of imidazole rings is 1. The number of piperazine rings is 1. The highest BCUT2D eigenvalue weighted by atomic mass is 32.1. The van der Waals surface area contributed by atoms with Crippen LogP contribution in [0.2, 0.25) is 0 Å². The number of benzene rings is 1. The van der Waals surface area contributed by atoms with Crippen molar-refractivity contribution in [3.8, 4) is 0 Å². The lowest BCUT2D eigenvalue weighted by Gasteiger charge is -2.35. The summed E-state index contributed by atoms with van der Waals surface area (Å²) in [4.78, 5) is 27.7. The Morgan fingerprint density at radius 3 is 2.87 bits per heavy atom. The van der Waals surface area contributed by atoms with Gasteiger partial charge in [0.15, 0.2) is 4.96 Å². The van der Waals surface area contributed by atoms with Gasteiger partial charge in [-0.2, -0.15) is 0 Å². The van der Waals surface area contributed by atoms with Crippen molar-refractivity contribution in [1.82, 2.24) is 23.8 Å². The molecule has 5 rings (SSSR count). The fourth-order valence-corrected chi connectivity index (χ4v) is 4.66. The van der Waals surface area contributed by atoms with Gasteiger partial charge in [-0.3, -0.25) is 18.7 Å². The third-order valence-electron chi connectivity index (χ3n) is 5.61. The van der Waals surface area contributed by atoms with E-state index in [0.29, 0.717) is 18.5 Å². The summed E-state index contributed by atoms with van der Waals surface area (Å²) in [7, 11) is 1.63. The van der Waals surface area contributed by atoms with Gasteiger partial charge in [0.2, 0.25) is 0 Å². The maximum atomic E-state index is 12.6. The Morgan fingerprint density at radius 2 is 2.07 bits per heavy atom. The quantitative estimate of drug-likeness (QED) is 0.472. The molecule has 0 radical (unpaired) electrons. The first kappa shape index (κ1) is 19.2. The summed E-state index contributed by atoms with van der Waals surface area (Å²) in [6.45, 7) is 5.73. The van der Waals surface area contributed by atoms with Crippen molar-refractivity contribution < 1.29 is 4.74 Å². The molecule has 1 fully saturated rings. The smallest absolute Gasteiger partial charge is 0.261 e. The van der Waals surface area contributed by atoms with Gasteiger partial charge in [0, 0.05) is 63.3 Å². The number of nitrogens with zero attached hydrogens (tertiary/aromatic N) is 6. The van der Waals surface area contributed by atoms with Crippen molar-refractivity contribution in [2.24, 2.45) is 0 Å². The van der Waals surface area contributed by atoms with Gasteiger partial charge in [-0.25, -0.2) is 9.97 Å². The monoisotopic (exact) mass is 424 g/mol. The predicted octanol–water partition coefficient (Wildman–Crippen LogP) is 2.07. The highest BCUT2D eigenvalue weighted by Gasteiger charge is 2.19. The van der Waals surface area contributed by atoms with Crippen molar-refractivity contribution in [1.29, 1.82) is 0 Å². The molecule has 1 saturated heterocycles. The molecule has 9 heteroatoms. The van der Waals surface area contributed by atoms with Gasteiger partial charge in [0.05, 0.1) is 36.1 Å². The normalized spacial score (nSPS) is 15.4. The van der Waals surface area contributed by atoms with Crippen LogP contribution in [0.4, 0.5) is 5.69 Å². The molecule has 4 heterocycles. The van der Waals surface area contributed by atoms with E-state index in [1.807, 2.05) is 18.2 Å². The number of hydrogen-bond donors (Lipinski definition) is 0. The first-order chi connectivity index (χ1) is 14.7. The zero-order valence-electron chi connectivity index (χ0n) is 16.9. The molecular formula is C21H24N6O2S. The van der Waals surface area contributed by atoms with E-state index in [1.165, 1.54) is 0 Å². The Morgan fingerprint density at radius 1 is 1.20 bits per heavy atom.